The first-order chi connectivity index (χ1) is 8.42. The molecule has 0 saturated carbocycles. The van der Waals surface area contributed by atoms with Gasteiger partial charge in [-0.3, -0.25) is 0 Å². The quantitative estimate of drug-likeness (QED) is 0.818. The van der Waals surface area contributed by atoms with Crippen LogP contribution in [0.1, 0.15) is 40.5 Å². The van der Waals surface area contributed by atoms with Crippen LogP contribution < -0.4 is 10.6 Å². The molecule has 0 saturated heterocycles. The van der Waals surface area contributed by atoms with Crippen molar-refractivity contribution in [2.45, 2.75) is 40.5 Å². The van der Waals surface area contributed by atoms with Gasteiger partial charge in [0.25, 0.3) is 0 Å². The van der Waals surface area contributed by atoms with Gasteiger partial charge in [0.2, 0.25) is 5.95 Å². The van der Waals surface area contributed by atoms with Crippen LogP contribution in [0.2, 0.25) is 0 Å². The summed E-state index contributed by atoms with van der Waals surface area (Å²) in [4.78, 5) is 8.02. The number of aromatic nitrogens is 2. The fourth-order valence-electron chi connectivity index (χ4n) is 1.37. The van der Waals surface area contributed by atoms with Gasteiger partial charge in [0.05, 0.1) is 6.20 Å². The summed E-state index contributed by atoms with van der Waals surface area (Å²) in [5.41, 5.74) is 0.222. The summed E-state index contributed by atoms with van der Waals surface area (Å²) in [7, 11) is 0. The average Bonchev–Trinajstić information content (AvgIpc) is 2.28. The van der Waals surface area contributed by atoms with Gasteiger partial charge in [0.15, 0.2) is 11.6 Å². The lowest BCUT2D eigenvalue weighted by molar-refractivity contribution is 0.389. The fraction of sp³-hybridized carbons (Fsp3) is 0.692. The number of hydrogen-bond acceptors (Lipinski definition) is 4. The zero-order chi connectivity index (χ0) is 13.6. The Balaban J connectivity index is 2.58. The van der Waals surface area contributed by atoms with Crippen molar-refractivity contribution in [3.63, 3.8) is 0 Å². The minimum Gasteiger partial charge on any atom is -0.367 e. The van der Waals surface area contributed by atoms with E-state index in [2.05, 4.69) is 48.3 Å². The summed E-state index contributed by atoms with van der Waals surface area (Å²) in [6, 6.07) is 0. The minimum atomic E-state index is -0.411. The normalized spacial score (nSPS) is 11.4. The fourth-order valence-corrected chi connectivity index (χ4v) is 1.37. The molecule has 18 heavy (non-hydrogen) atoms. The van der Waals surface area contributed by atoms with E-state index in [9.17, 15) is 4.39 Å². The maximum Gasteiger partial charge on any atom is 0.224 e. The lowest BCUT2D eigenvalue weighted by Crippen LogP contribution is -2.15. The second-order valence-corrected chi connectivity index (χ2v) is 5.55. The van der Waals surface area contributed by atoms with Crippen LogP contribution in [0.4, 0.5) is 16.2 Å². The first-order valence-corrected chi connectivity index (χ1v) is 6.42. The highest BCUT2D eigenvalue weighted by Crippen LogP contribution is 2.19. The van der Waals surface area contributed by atoms with Crippen LogP contribution in [0.3, 0.4) is 0 Å². The van der Waals surface area contributed by atoms with E-state index in [-0.39, 0.29) is 11.2 Å². The van der Waals surface area contributed by atoms with Crippen LogP contribution in [-0.4, -0.2) is 23.1 Å². The van der Waals surface area contributed by atoms with E-state index in [0.717, 1.165) is 19.4 Å². The van der Waals surface area contributed by atoms with Gasteiger partial charge >= 0.3 is 0 Å². The summed E-state index contributed by atoms with van der Waals surface area (Å²) < 4.78 is 13.5. The number of anilines is 2. The smallest absolute Gasteiger partial charge is 0.224 e. The predicted molar refractivity (Wildman–Crippen MR) is 73.3 cm³/mol. The van der Waals surface area contributed by atoms with Crippen molar-refractivity contribution in [1.82, 2.24) is 9.97 Å². The highest BCUT2D eigenvalue weighted by atomic mass is 19.1. The van der Waals surface area contributed by atoms with E-state index in [4.69, 9.17) is 0 Å². The number of hydrogen-bond donors (Lipinski definition) is 2. The lowest BCUT2D eigenvalue weighted by Gasteiger charge is -2.18. The SMILES string of the molecule is CCCNc1ncc(F)c(NCCC(C)(C)C)n1. The second-order valence-electron chi connectivity index (χ2n) is 5.55. The van der Waals surface area contributed by atoms with Crippen molar-refractivity contribution in [3.8, 4) is 0 Å². The molecule has 0 spiro atoms. The monoisotopic (exact) mass is 254 g/mol. The molecule has 0 aliphatic rings. The molecule has 0 radical (unpaired) electrons. The highest BCUT2D eigenvalue weighted by Gasteiger charge is 2.11. The molecule has 102 valence electrons. The van der Waals surface area contributed by atoms with E-state index in [0.29, 0.717) is 12.5 Å². The van der Waals surface area contributed by atoms with E-state index < -0.39 is 5.82 Å². The minimum absolute atomic E-state index is 0.222. The summed E-state index contributed by atoms with van der Waals surface area (Å²) in [5.74, 6) is 0.329. The Labute approximate surface area is 108 Å². The van der Waals surface area contributed by atoms with E-state index in [1.807, 2.05) is 0 Å². The van der Waals surface area contributed by atoms with Gasteiger partial charge in [-0.05, 0) is 18.3 Å². The number of rotatable bonds is 6. The maximum absolute atomic E-state index is 13.5. The summed E-state index contributed by atoms with van der Waals surface area (Å²) in [5, 5.41) is 6.06. The van der Waals surface area contributed by atoms with Gasteiger partial charge in [-0.15, -0.1) is 0 Å². The predicted octanol–water partition coefficient (Wildman–Crippen LogP) is 3.29. The van der Waals surface area contributed by atoms with Gasteiger partial charge in [-0.2, -0.15) is 4.98 Å². The van der Waals surface area contributed by atoms with Crippen LogP contribution in [0.15, 0.2) is 6.20 Å². The molecule has 1 aromatic rings. The Morgan fingerprint density at radius 1 is 1.22 bits per heavy atom. The molecule has 0 amide bonds. The van der Waals surface area contributed by atoms with Crippen molar-refractivity contribution < 1.29 is 4.39 Å². The molecule has 0 aliphatic carbocycles. The highest BCUT2D eigenvalue weighted by molar-refractivity contribution is 5.40. The van der Waals surface area contributed by atoms with Crippen molar-refractivity contribution in [2.24, 2.45) is 5.41 Å². The lowest BCUT2D eigenvalue weighted by atomic mass is 9.92. The second kappa shape index (κ2) is 6.52. The van der Waals surface area contributed by atoms with E-state index in [1.54, 1.807) is 0 Å². The molecule has 1 aromatic heterocycles. The molecule has 0 unspecified atom stereocenters. The molecule has 1 heterocycles. The van der Waals surface area contributed by atoms with Gasteiger partial charge in [-0.1, -0.05) is 27.7 Å². The topological polar surface area (TPSA) is 49.8 Å². The molecule has 0 aromatic carbocycles. The number of halogens is 1. The summed E-state index contributed by atoms with van der Waals surface area (Å²) in [6.45, 7) is 9.99. The van der Waals surface area contributed by atoms with Crippen LogP contribution in [-0.2, 0) is 0 Å². The van der Waals surface area contributed by atoms with Crippen LogP contribution in [0.5, 0.6) is 0 Å². The van der Waals surface area contributed by atoms with Gasteiger partial charge in [0.1, 0.15) is 0 Å². The summed E-state index contributed by atoms with van der Waals surface area (Å²) >= 11 is 0. The largest absolute Gasteiger partial charge is 0.367 e. The van der Waals surface area contributed by atoms with Crippen LogP contribution in [0, 0.1) is 11.2 Å². The number of nitrogens with zero attached hydrogens (tertiary/aromatic N) is 2. The first-order valence-electron chi connectivity index (χ1n) is 6.42. The maximum atomic E-state index is 13.5. The Hall–Kier alpha value is -1.39. The average molecular weight is 254 g/mol. The van der Waals surface area contributed by atoms with Crippen molar-refractivity contribution >= 4 is 11.8 Å². The van der Waals surface area contributed by atoms with Crippen LogP contribution >= 0.6 is 0 Å². The molecule has 0 atom stereocenters. The third-order valence-corrected chi connectivity index (χ3v) is 2.44. The third-order valence-electron chi connectivity index (χ3n) is 2.44. The molecular formula is C13H23FN4. The summed E-state index contributed by atoms with van der Waals surface area (Å²) in [6.07, 6.45) is 3.13. The zero-order valence-corrected chi connectivity index (χ0v) is 11.7. The first kappa shape index (κ1) is 14.7. The Morgan fingerprint density at radius 2 is 1.94 bits per heavy atom. The van der Waals surface area contributed by atoms with Crippen molar-refractivity contribution in [3.05, 3.63) is 12.0 Å². The van der Waals surface area contributed by atoms with Gasteiger partial charge in [0, 0.05) is 13.1 Å². The standard InChI is InChI=1S/C13H23FN4/c1-5-7-16-12-17-9-10(14)11(18-12)15-8-6-13(2,3)4/h9H,5-8H2,1-4H3,(H2,15,16,17,18). The van der Waals surface area contributed by atoms with Gasteiger partial charge in [-0.25, -0.2) is 9.37 Å². The van der Waals surface area contributed by atoms with E-state index in [1.165, 1.54) is 6.20 Å². The van der Waals surface area contributed by atoms with Crippen molar-refractivity contribution in [2.75, 3.05) is 23.7 Å². The molecule has 4 nitrogen and oxygen atoms in total. The van der Waals surface area contributed by atoms with Crippen molar-refractivity contribution in [1.29, 1.82) is 0 Å². The number of nitrogens with one attached hydrogen (secondary N) is 2. The molecule has 0 aliphatic heterocycles. The Kier molecular flexibility index (Phi) is 5.31. The molecular weight excluding hydrogens is 231 g/mol. The van der Waals surface area contributed by atoms with E-state index >= 15 is 0 Å². The third kappa shape index (κ3) is 5.29. The van der Waals surface area contributed by atoms with Crippen LogP contribution in [0.25, 0.3) is 0 Å². The molecule has 5 heteroatoms. The molecule has 0 bridgehead atoms. The Morgan fingerprint density at radius 3 is 2.56 bits per heavy atom. The molecule has 1 rings (SSSR count). The Bertz CT molecular complexity index is 374. The zero-order valence-electron chi connectivity index (χ0n) is 11.7. The molecule has 0 fully saturated rings. The van der Waals surface area contributed by atoms with Gasteiger partial charge < -0.3 is 10.6 Å². The molecule has 2 N–H and O–H groups in total.